The number of halogens is 1. The van der Waals surface area contributed by atoms with Crippen molar-refractivity contribution < 1.29 is 9.47 Å². The number of thioether (sulfide) groups is 1. The number of ether oxygens (including phenoxy) is 2. The highest BCUT2D eigenvalue weighted by Gasteiger charge is 2.04. The molecule has 0 aliphatic heterocycles. The van der Waals surface area contributed by atoms with Crippen LogP contribution in [0.2, 0.25) is 5.02 Å². The Kier molecular flexibility index (Phi) is 7.08. The van der Waals surface area contributed by atoms with Crippen molar-refractivity contribution in [3.63, 3.8) is 0 Å². The van der Waals surface area contributed by atoms with Gasteiger partial charge in [0.2, 0.25) is 5.13 Å². The van der Waals surface area contributed by atoms with Gasteiger partial charge in [-0.1, -0.05) is 34.7 Å². The molecule has 1 aromatic carbocycles. The van der Waals surface area contributed by atoms with Crippen molar-refractivity contribution in [3.8, 4) is 5.75 Å². The summed E-state index contributed by atoms with van der Waals surface area (Å²) in [5.41, 5.74) is 0. The Hall–Kier alpha value is -1.02. The molecule has 0 saturated carbocycles. The van der Waals surface area contributed by atoms with Gasteiger partial charge in [-0.3, -0.25) is 0 Å². The van der Waals surface area contributed by atoms with Gasteiger partial charge in [0, 0.05) is 24.4 Å². The molecule has 1 heterocycles. The van der Waals surface area contributed by atoms with Crippen LogP contribution < -0.4 is 10.1 Å². The van der Waals surface area contributed by atoms with Crippen LogP contribution in [-0.4, -0.2) is 42.8 Å². The summed E-state index contributed by atoms with van der Waals surface area (Å²) in [4.78, 5) is 0. The molecule has 0 aliphatic rings. The van der Waals surface area contributed by atoms with Gasteiger partial charge in [0.1, 0.15) is 5.75 Å². The second-order valence-electron chi connectivity index (χ2n) is 3.94. The van der Waals surface area contributed by atoms with Crippen LogP contribution >= 0.6 is 34.7 Å². The molecule has 0 aliphatic carbocycles. The molecule has 8 heteroatoms. The minimum Gasteiger partial charge on any atom is -0.493 e. The van der Waals surface area contributed by atoms with Gasteiger partial charge in [-0.05, 0) is 24.3 Å². The molecular formula is C13H16ClN3O2S2. The second kappa shape index (κ2) is 9.09. The van der Waals surface area contributed by atoms with E-state index < -0.39 is 0 Å². The van der Waals surface area contributed by atoms with E-state index in [0.29, 0.717) is 18.2 Å². The highest BCUT2D eigenvalue weighted by molar-refractivity contribution is 8.01. The fourth-order valence-electron chi connectivity index (χ4n) is 1.42. The van der Waals surface area contributed by atoms with Gasteiger partial charge in [0.05, 0.1) is 13.2 Å². The number of anilines is 1. The van der Waals surface area contributed by atoms with Crippen LogP contribution in [0.4, 0.5) is 5.13 Å². The summed E-state index contributed by atoms with van der Waals surface area (Å²) in [6.45, 7) is 1.99. The maximum atomic E-state index is 5.81. The first kappa shape index (κ1) is 16.4. The van der Waals surface area contributed by atoms with Crippen LogP contribution in [0.25, 0.3) is 0 Å². The summed E-state index contributed by atoms with van der Waals surface area (Å²) >= 11 is 8.97. The van der Waals surface area contributed by atoms with Crippen LogP contribution in [0, 0.1) is 0 Å². The van der Waals surface area contributed by atoms with E-state index in [1.54, 1.807) is 18.9 Å². The monoisotopic (exact) mass is 345 g/mol. The molecule has 0 radical (unpaired) electrons. The zero-order chi connectivity index (χ0) is 14.9. The molecule has 0 atom stereocenters. The Labute approximate surface area is 137 Å². The number of aromatic nitrogens is 2. The van der Waals surface area contributed by atoms with Gasteiger partial charge in [-0.25, -0.2) is 0 Å². The maximum Gasteiger partial charge on any atom is 0.206 e. The fraction of sp³-hybridized carbons (Fsp3) is 0.385. The third-order valence-corrected chi connectivity index (χ3v) is 4.61. The molecule has 114 valence electrons. The van der Waals surface area contributed by atoms with E-state index >= 15 is 0 Å². The zero-order valence-electron chi connectivity index (χ0n) is 11.5. The van der Waals surface area contributed by atoms with Crippen molar-refractivity contribution in [2.45, 2.75) is 4.34 Å². The summed E-state index contributed by atoms with van der Waals surface area (Å²) < 4.78 is 11.5. The van der Waals surface area contributed by atoms with Crippen molar-refractivity contribution in [2.24, 2.45) is 0 Å². The number of benzene rings is 1. The molecule has 21 heavy (non-hydrogen) atoms. The van der Waals surface area contributed by atoms with E-state index in [1.165, 1.54) is 11.3 Å². The molecule has 1 N–H and O–H groups in total. The van der Waals surface area contributed by atoms with Crippen LogP contribution in [0.3, 0.4) is 0 Å². The fourth-order valence-corrected chi connectivity index (χ4v) is 3.21. The maximum absolute atomic E-state index is 5.81. The molecular weight excluding hydrogens is 330 g/mol. The lowest BCUT2D eigenvalue weighted by atomic mass is 10.3. The summed E-state index contributed by atoms with van der Waals surface area (Å²) in [6, 6.07) is 7.34. The van der Waals surface area contributed by atoms with E-state index in [1.807, 2.05) is 24.3 Å². The SMILES string of the molecule is COCCNc1nnc(SCCOc2ccc(Cl)cc2)s1. The standard InChI is InChI=1S/C13H16ClN3O2S2/c1-18-7-6-15-12-16-17-13(21-12)20-9-8-19-11-4-2-10(14)3-5-11/h2-5H,6-9H2,1H3,(H,15,16). The zero-order valence-corrected chi connectivity index (χ0v) is 13.9. The molecule has 0 saturated heterocycles. The molecule has 2 rings (SSSR count). The predicted octanol–water partition coefficient (Wildman–Crippen LogP) is 3.42. The Bertz CT molecular complexity index is 536. The first-order valence-corrected chi connectivity index (χ1v) is 8.53. The van der Waals surface area contributed by atoms with Gasteiger partial charge in [-0.2, -0.15) is 0 Å². The molecule has 0 unspecified atom stereocenters. The number of nitrogens with one attached hydrogen (secondary N) is 1. The molecule has 5 nitrogen and oxygen atoms in total. The largest absolute Gasteiger partial charge is 0.493 e. The summed E-state index contributed by atoms with van der Waals surface area (Å²) in [6.07, 6.45) is 0. The molecule has 2 aromatic rings. The quantitative estimate of drug-likeness (QED) is 0.555. The van der Waals surface area contributed by atoms with E-state index in [2.05, 4.69) is 15.5 Å². The third-order valence-electron chi connectivity index (χ3n) is 2.38. The van der Waals surface area contributed by atoms with Crippen molar-refractivity contribution in [1.82, 2.24) is 10.2 Å². The summed E-state index contributed by atoms with van der Waals surface area (Å²) in [7, 11) is 1.67. The first-order valence-electron chi connectivity index (χ1n) is 6.35. The number of hydrogen-bond donors (Lipinski definition) is 1. The summed E-state index contributed by atoms with van der Waals surface area (Å²) in [5.74, 6) is 1.63. The topological polar surface area (TPSA) is 56.3 Å². The van der Waals surface area contributed by atoms with Crippen LogP contribution in [0.5, 0.6) is 5.75 Å². The van der Waals surface area contributed by atoms with Crippen molar-refractivity contribution in [1.29, 1.82) is 0 Å². The van der Waals surface area contributed by atoms with Crippen molar-refractivity contribution in [3.05, 3.63) is 29.3 Å². The highest BCUT2D eigenvalue weighted by atomic mass is 35.5. The van der Waals surface area contributed by atoms with Gasteiger partial charge < -0.3 is 14.8 Å². The third kappa shape index (κ3) is 6.09. The van der Waals surface area contributed by atoms with E-state index in [0.717, 1.165) is 27.5 Å². The van der Waals surface area contributed by atoms with Gasteiger partial charge in [0.15, 0.2) is 4.34 Å². The van der Waals surface area contributed by atoms with Crippen molar-refractivity contribution >= 4 is 39.8 Å². The Morgan fingerprint density at radius 2 is 2.05 bits per heavy atom. The molecule has 0 amide bonds. The minimum absolute atomic E-state index is 0.609. The van der Waals surface area contributed by atoms with E-state index in [-0.39, 0.29) is 0 Å². The van der Waals surface area contributed by atoms with E-state index in [4.69, 9.17) is 21.1 Å². The lowest BCUT2D eigenvalue weighted by Gasteiger charge is -2.04. The first-order chi connectivity index (χ1) is 10.3. The molecule has 1 aromatic heterocycles. The average Bonchev–Trinajstić information content (AvgIpc) is 2.94. The number of nitrogens with zero attached hydrogens (tertiary/aromatic N) is 2. The molecule has 0 bridgehead atoms. The molecule has 0 fully saturated rings. The Morgan fingerprint density at radius 3 is 2.81 bits per heavy atom. The van der Waals surface area contributed by atoms with Gasteiger partial charge >= 0.3 is 0 Å². The lowest BCUT2D eigenvalue weighted by Crippen LogP contribution is -2.06. The Morgan fingerprint density at radius 1 is 1.24 bits per heavy atom. The van der Waals surface area contributed by atoms with Gasteiger partial charge in [0.25, 0.3) is 0 Å². The predicted molar refractivity (Wildman–Crippen MR) is 87.9 cm³/mol. The van der Waals surface area contributed by atoms with Crippen LogP contribution in [0.15, 0.2) is 28.6 Å². The van der Waals surface area contributed by atoms with E-state index in [9.17, 15) is 0 Å². The smallest absolute Gasteiger partial charge is 0.206 e. The van der Waals surface area contributed by atoms with Gasteiger partial charge in [-0.15, -0.1) is 10.2 Å². The Balaban J connectivity index is 1.65. The number of rotatable bonds is 9. The second-order valence-corrected chi connectivity index (χ2v) is 6.70. The lowest BCUT2D eigenvalue weighted by molar-refractivity contribution is 0.211. The van der Waals surface area contributed by atoms with Crippen LogP contribution in [-0.2, 0) is 4.74 Å². The summed E-state index contributed by atoms with van der Waals surface area (Å²) in [5, 5.41) is 12.8. The average molecular weight is 346 g/mol. The minimum atomic E-state index is 0.609. The normalized spacial score (nSPS) is 10.6. The highest BCUT2D eigenvalue weighted by Crippen LogP contribution is 2.25. The number of methoxy groups -OCH3 is 1. The number of hydrogen-bond acceptors (Lipinski definition) is 7. The molecule has 0 spiro atoms. The van der Waals surface area contributed by atoms with Crippen molar-refractivity contribution in [2.75, 3.05) is 37.9 Å². The van der Waals surface area contributed by atoms with Crippen LogP contribution in [0.1, 0.15) is 0 Å².